The Morgan fingerprint density at radius 1 is 1.24 bits per heavy atom. The Bertz CT molecular complexity index is 1270. The van der Waals surface area contributed by atoms with E-state index in [2.05, 4.69) is 31.8 Å². The van der Waals surface area contributed by atoms with Gasteiger partial charge in [-0.25, -0.2) is 14.8 Å². The number of hydrogen-bond acceptors (Lipinski definition) is 8. The summed E-state index contributed by atoms with van der Waals surface area (Å²) in [6, 6.07) is 8.52. The van der Waals surface area contributed by atoms with Crippen LogP contribution in [-0.4, -0.2) is 67.6 Å². The third-order valence-electron chi connectivity index (χ3n) is 5.08. The molecule has 166 valence electrons. The predicted octanol–water partition coefficient (Wildman–Crippen LogP) is 1.72. The summed E-state index contributed by atoms with van der Waals surface area (Å²) in [6.07, 6.45) is 4.87. The molecule has 1 saturated heterocycles. The smallest absolute Gasteiger partial charge is 0.357 e. The van der Waals surface area contributed by atoms with Crippen LogP contribution in [0.3, 0.4) is 0 Å². The number of ether oxygens (including phenoxy) is 1. The van der Waals surface area contributed by atoms with Gasteiger partial charge in [-0.15, -0.1) is 0 Å². The van der Waals surface area contributed by atoms with Crippen molar-refractivity contribution >= 4 is 11.9 Å². The topological polar surface area (TPSA) is 118 Å². The summed E-state index contributed by atoms with van der Waals surface area (Å²) in [4.78, 5) is 43.2. The van der Waals surface area contributed by atoms with Gasteiger partial charge in [-0.05, 0) is 25.1 Å². The maximum atomic E-state index is 12.4. The van der Waals surface area contributed by atoms with E-state index in [1.54, 1.807) is 50.6 Å². The van der Waals surface area contributed by atoms with Gasteiger partial charge in [-0.1, -0.05) is 24.0 Å². The molecule has 1 aliphatic rings. The zero-order valence-electron chi connectivity index (χ0n) is 18.1. The second kappa shape index (κ2) is 9.14. The van der Waals surface area contributed by atoms with Gasteiger partial charge in [-0.3, -0.25) is 14.8 Å². The number of amides is 1. The van der Waals surface area contributed by atoms with Crippen molar-refractivity contribution in [3.63, 3.8) is 0 Å². The normalized spacial score (nSPS) is 17.4. The Balaban J connectivity index is 1.73. The number of benzene rings is 1. The van der Waals surface area contributed by atoms with Crippen molar-refractivity contribution in [1.29, 1.82) is 0 Å². The Hall–Kier alpha value is -4.16. The van der Waals surface area contributed by atoms with Gasteiger partial charge in [0.05, 0.1) is 18.5 Å². The number of rotatable bonds is 4. The quantitative estimate of drug-likeness (QED) is 0.478. The van der Waals surface area contributed by atoms with Crippen molar-refractivity contribution in [3.8, 4) is 34.6 Å². The van der Waals surface area contributed by atoms with E-state index in [0.717, 1.165) is 0 Å². The van der Waals surface area contributed by atoms with Crippen LogP contribution in [0.5, 0.6) is 0 Å². The SMILES string of the molecule is CCOC(=O)c1cc(-c2cnccn2)nc(-c2cccc(C#C[C@]3(O)CCN(C)C3=O)c2)n1. The average Bonchev–Trinajstić information content (AvgIpc) is 3.11. The Labute approximate surface area is 190 Å². The molecule has 33 heavy (non-hydrogen) atoms. The van der Waals surface area contributed by atoms with E-state index >= 15 is 0 Å². The molecule has 0 bridgehead atoms. The van der Waals surface area contributed by atoms with Gasteiger partial charge in [0.15, 0.2) is 11.5 Å². The van der Waals surface area contributed by atoms with Crippen LogP contribution in [0.15, 0.2) is 48.9 Å². The molecule has 2 aromatic heterocycles. The molecular formula is C24H21N5O4. The summed E-state index contributed by atoms with van der Waals surface area (Å²) < 4.78 is 5.11. The summed E-state index contributed by atoms with van der Waals surface area (Å²) in [6.45, 7) is 2.37. The van der Waals surface area contributed by atoms with Crippen LogP contribution in [-0.2, 0) is 9.53 Å². The van der Waals surface area contributed by atoms with E-state index in [-0.39, 0.29) is 24.5 Å². The van der Waals surface area contributed by atoms with Crippen molar-refractivity contribution in [3.05, 3.63) is 60.2 Å². The number of carbonyl (C=O) groups is 2. The van der Waals surface area contributed by atoms with Gasteiger partial charge in [0.2, 0.25) is 5.60 Å². The third kappa shape index (κ3) is 4.71. The standard InChI is InChI=1S/C24H21N5O4/c1-3-33-22(30)19-14-18(20-15-25-10-11-26-20)27-21(28-19)17-6-4-5-16(13-17)7-8-24(32)9-12-29(2)23(24)31/h4-6,10-11,13-15,32H,3,9,12H2,1-2H3/t24-/m0/s1. The molecule has 0 radical (unpaired) electrons. The fourth-order valence-electron chi connectivity index (χ4n) is 3.33. The number of likely N-dealkylation sites (N-methyl/N-ethyl adjacent to an activating group) is 1. The lowest BCUT2D eigenvalue weighted by atomic mass is 10.0. The van der Waals surface area contributed by atoms with Crippen LogP contribution in [0.1, 0.15) is 29.4 Å². The molecule has 1 aliphatic heterocycles. The molecule has 3 heterocycles. The first-order chi connectivity index (χ1) is 15.9. The number of aromatic nitrogens is 4. The number of likely N-dealkylation sites (tertiary alicyclic amines) is 1. The molecule has 0 saturated carbocycles. The molecule has 1 atom stereocenters. The maximum absolute atomic E-state index is 12.4. The van der Waals surface area contributed by atoms with Crippen molar-refractivity contribution in [2.24, 2.45) is 0 Å². The highest BCUT2D eigenvalue weighted by atomic mass is 16.5. The van der Waals surface area contributed by atoms with Gasteiger partial charge in [-0.2, -0.15) is 0 Å². The molecular weight excluding hydrogens is 422 g/mol. The highest BCUT2D eigenvalue weighted by Crippen LogP contribution is 2.23. The zero-order valence-corrected chi connectivity index (χ0v) is 18.1. The van der Waals surface area contributed by atoms with Gasteiger partial charge in [0.1, 0.15) is 5.69 Å². The highest BCUT2D eigenvalue weighted by Gasteiger charge is 2.42. The lowest BCUT2D eigenvalue weighted by Gasteiger charge is -2.13. The molecule has 9 heteroatoms. The molecule has 0 unspecified atom stereocenters. The molecule has 1 aromatic carbocycles. The van der Waals surface area contributed by atoms with Crippen molar-refractivity contribution in [2.75, 3.05) is 20.2 Å². The second-order valence-electron chi connectivity index (χ2n) is 7.44. The van der Waals surface area contributed by atoms with Gasteiger partial charge >= 0.3 is 5.97 Å². The second-order valence-corrected chi connectivity index (χ2v) is 7.44. The van der Waals surface area contributed by atoms with Crippen LogP contribution < -0.4 is 0 Å². The minimum Gasteiger partial charge on any atom is -0.461 e. The van der Waals surface area contributed by atoms with Crippen LogP contribution in [0.2, 0.25) is 0 Å². The fourth-order valence-corrected chi connectivity index (χ4v) is 3.33. The van der Waals surface area contributed by atoms with Crippen LogP contribution in [0, 0.1) is 11.8 Å². The zero-order chi connectivity index (χ0) is 23.4. The lowest BCUT2D eigenvalue weighted by molar-refractivity contribution is -0.137. The number of esters is 1. The molecule has 0 spiro atoms. The predicted molar refractivity (Wildman–Crippen MR) is 119 cm³/mol. The molecule has 1 fully saturated rings. The number of carbonyl (C=O) groups excluding carboxylic acids is 2. The third-order valence-corrected chi connectivity index (χ3v) is 5.08. The van der Waals surface area contributed by atoms with Gasteiger partial charge in [0.25, 0.3) is 5.91 Å². The summed E-state index contributed by atoms with van der Waals surface area (Å²) >= 11 is 0. The monoisotopic (exact) mass is 443 g/mol. The van der Waals surface area contributed by atoms with Gasteiger partial charge < -0.3 is 14.7 Å². The first kappa shape index (κ1) is 22.0. The first-order valence-electron chi connectivity index (χ1n) is 10.3. The summed E-state index contributed by atoms with van der Waals surface area (Å²) in [5.41, 5.74) is 0.460. The molecule has 3 aromatic rings. The van der Waals surface area contributed by atoms with Crippen molar-refractivity contribution < 1.29 is 19.4 Å². The van der Waals surface area contributed by atoms with E-state index in [1.807, 2.05) is 0 Å². The molecule has 1 N–H and O–H groups in total. The molecule has 4 rings (SSSR count). The van der Waals surface area contributed by atoms with Crippen molar-refractivity contribution in [2.45, 2.75) is 18.9 Å². The van der Waals surface area contributed by atoms with E-state index < -0.39 is 17.5 Å². The van der Waals surface area contributed by atoms with E-state index in [4.69, 9.17) is 4.74 Å². The largest absolute Gasteiger partial charge is 0.461 e. The molecule has 1 amide bonds. The summed E-state index contributed by atoms with van der Waals surface area (Å²) in [5, 5.41) is 10.5. The minimum absolute atomic E-state index is 0.0906. The molecule has 9 nitrogen and oxygen atoms in total. The summed E-state index contributed by atoms with van der Waals surface area (Å²) in [5.74, 6) is 4.86. The number of aliphatic hydroxyl groups is 1. The Morgan fingerprint density at radius 3 is 2.79 bits per heavy atom. The fraction of sp³-hybridized carbons (Fsp3) is 0.250. The summed E-state index contributed by atoms with van der Waals surface area (Å²) in [7, 11) is 1.63. The first-order valence-corrected chi connectivity index (χ1v) is 10.3. The van der Waals surface area contributed by atoms with E-state index in [1.165, 1.54) is 17.2 Å². The van der Waals surface area contributed by atoms with Gasteiger partial charge in [0, 0.05) is 43.5 Å². The van der Waals surface area contributed by atoms with Crippen molar-refractivity contribution in [1.82, 2.24) is 24.8 Å². The van der Waals surface area contributed by atoms with Crippen LogP contribution >= 0.6 is 0 Å². The number of hydrogen-bond donors (Lipinski definition) is 1. The number of nitrogens with zero attached hydrogens (tertiary/aromatic N) is 5. The van der Waals surface area contributed by atoms with Crippen LogP contribution in [0.25, 0.3) is 22.8 Å². The molecule has 0 aliphatic carbocycles. The maximum Gasteiger partial charge on any atom is 0.357 e. The van der Waals surface area contributed by atoms with E-state index in [0.29, 0.717) is 29.1 Å². The Kier molecular flexibility index (Phi) is 6.11. The highest BCUT2D eigenvalue weighted by molar-refractivity contribution is 5.90. The Morgan fingerprint density at radius 2 is 2.09 bits per heavy atom. The van der Waals surface area contributed by atoms with Crippen LogP contribution in [0.4, 0.5) is 0 Å². The van der Waals surface area contributed by atoms with E-state index in [9.17, 15) is 14.7 Å². The minimum atomic E-state index is -1.69. The average molecular weight is 443 g/mol. The lowest BCUT2D eigenvalue weighted by Crippen LogP contribution is -2.37.